The summed E-state index contributed by atoms with van der Waals surface area (Å²) < 4.78 is 14.2. The van der Waals surface area contributed by atoms with Crippen molar-refractivity contribution < 1.29 is 9.31 Å². The van der Waals surface area contributed by atoms with Crippen LogP contribution in [0.3, 0.4) is 0 Å². The lowest BCUT2D eigenvalue weighted by atomic mass is 9.86. The second-order valence-corrected chi connectivity index (χ2v) is 7.01. The van der Waals surface area contributed by atoms with Crippen molar-refractivity contribution in [1.82, 2.24) is 9.55 Å². The van der Waals surface area contributed by atoms with Crippen LogP contribution in [-0.4, -0.2) is 27.9 Å². The number of imidazole rings is 1. The smallest absolute Gasteiger partial charge is 0.398 e. The number of rotatable bonds is 2. The number of benzene rings is 1. The van der Waals surface area contributed by atoms with Gasteiger partial charge in [-0.15, -0.1) is 0 Å². The van der Waals surface area contributed by atoms with Crippen molar-refractivity contribution in [3.05, 3.63) is 41.9 Å². The summed E-state index contributed by atoms with van der Waals surface area (Å²) in [5.74, 6) is 0.926. The number of aryl methyl sites for hydroxylation is 2. The Morgan fingerprint density at radius 2 is 1.68 bits per heavy atom. The van der Waals surface area contributed by atoms with Crippen LogP contribution >= 0.6 is 0 Å². The average molecular weight is 298 g/mol. The Morgan fingerprint density at radius 1 is 1.05 bits per heavy atom. The average Bonchev–Trinajstić information content (AvgIpc) is 2.88. The maximum Gasteiger partial charge on any atom is 0.516 e. The number of hydrogen-bond acceptors (Lipinski definition) is 3. The molecule has 1 aliphatic heterocycles. The molecule has 1 aliphatic rings. The van der Waals surface area contributed by atoms with E-state index in [-0.39, 0.29) is 11.2 Å². The Morgan fingerprint density at radius 3 is 2.27 bits per heavy atom. The van der Waals surface area contributed by atoms with E-state index in [0.717, 1.165) is 17.1 Å². The normalized spacial score (nSPS) is 19.6. The molecule has 0 aliphatic carbocycles. The van der Waals surface area contributed by atoms with Gasteiger partial charge in [0.2, 0.25) is 0 Å². The third kappa shape index (κ3) is 2.48. The highest BCUT2D eigenvalue weighted by atomic mass is 16.7. The van der Waals surface area contributed by atoms with Crippen molar-refractivity contribution in [2.45, 2.75) is 52.7 Å². The van der Waals surface area contributed by atoms with Crippen LogP contribution < -0.4 is 5.59 Å². The molecule has 116 valence electrons. The van der Waals surface area contributed by atoms with Crippen molar-refractivity contribution in [2.75, 3.05) is 0 Å². The number of hydrogen-bond donors (Lipinski definition) is 0. The highest BCUT2D eigenvalue weighted by molar-refractivity contribution is 6.61. The van der Waals surface area contributed by atoms with Crippen molar-refractivity contribution in [3.63, 3.8) is 0 Å². The molecule has 0 radical (unpaired) electrons. The Balaban J connectivity index is 1.94. The minimum Gasteiger partial charge on any atom is -0.398 e. The van der Waals surface area contributed by atoms with Gasteiger partial charge in [-0.2, -0.15) is 0 Å². The molecule has 0 atom stereocenters. The topological polar surface area (TPSA) is 36.3 Å². The van der Waals surface area contributed by atoms with Gasteiger partial charge in [0.25, 0.3) is 0 Å². The van der Waals surface area contributed by atoms with Gasteiger partial charge in [0, 0.05) is 11.9 Å². The summed E-state index contributed by atoms with van der Waals surface area (Å²) in [5.41, 5.74) is 2.45. The Kier molecular flexibility index (Phi) is 3.46. The molecule has 0 saturated carbocycles. The van der Waals surface area contributed by atoms with Gasteiger partial charge >= 0.3 is 7.12 Å². The molecule has 22 heavy (non-hydrogen) atoms. The van der Waals surface area contributed by atoms with Gasteiger partial charge in [-0.1, -0.05) is 12.1 Å². The van der Waals surface area contributed by atoms with Crippen molar-refractivity contribution >= 4 is 12.7 Å². The van der Waals surface area contributed by atoms with Gasteiger partial charge in [0.05, 0.1) is 16.8 Å². The maximum absolute atomic E-state index is 6.08. The Bertz CT molecular complexity index is 690. The minimum absolute atomic E-state index is 0.349. The fourth-order valence-corrected chi connectivity index (χ4v) is 2.61. The van der Waals surface area contributed by atoms with Gasteiger partial charge in [0.1, 0.15) is 5.82 Å². The third-order valence-electron chi connectivity index (χ3n) is 4.68. The molecule has 3 rings (SSSR count). The number of nitrogens with zero attached hydrogens (tertiary/aromatic N) is 2. The molecule has 1 aromatic heterocycles. The van der Waals surface area contributed by atoms with Gasteiger partial charge in [-0.05, 0) is 59.2 Å². The van der Waals surface area contributed by atoms with Crippen LogP contribution in [0.15, 0.2) is 30.5 Å². The molecule has 1 aromatic carbocycles. The summed E-state index contributed by atoms with van der Waals surface area (Å²) in [5, 5.41) is 0. The third-order valence-corrected chi connectivity index (χ3v) is 4.68. The van der Waals surface area contributed by atoms with Crippen LogP contribution in [-0.2, 0) is 9.31 Å². The van der Waals surface area contributed by atoms with E-state index in [0.29, 0.717) is 0 Å². The molecule has 5 heteroatoms. The van der Waals surface area contributed by atoms with E-state index in [1.807, 2.05) is 13.1 Å². The zero-order valence-corrected chi connectivity index (χ0v) is 14.2. The van der Waals surface area contributed by atoms with Crippen LogP contribution in [0.4, 0.5) is 0 Å². The Hall–Kier alpha value is -1.59. The molecule has 0 bridgehead atoms. The van der Waals surface area contributed by atoms with Crippen LogP contribution in [0.2, 0.25) is 0 Å². The zero-order chi connectivity index (χ0) is 16.1. The van der Waals surface area contributed by atoms with Crippen LogP contribution in [0, 0.1) is 13.8 Å². The van der Waals surface area contributed by atoms with E-state index in [1.54, 1.807) is 0 Å². The molecule has 4 nitrogen and oxygen atoms in total. The van der Waals surface area contributed by atoms with E-state index in [9.17, 15) is 0 Å². The van der Waals surface area contributed by atoms with Gasteiger partial charge in [0.15, 0.2) is 0 Å². The second-order valence-electron chi connectivity index (χ2n) is 7.01. The van der Waals surface area contributed by atoms with Crippen molar-refractivity contribution in [1.29, 1.82) is 0 Å². The van der Waals surface area contributed by atoms with E-state index in [2.05, 4.69) is 68.4 Å². The standard InChI is InChI=1S/C17H23BN2O2/c1-12-8-7-9-14(10-12)20-11-15(19-13(20)2)18-21-16(3,4)17(5,6)22-18/h7-11H,1-6H3. The summed E-state index contributed by atoms with van der Waals surface area (Å²) in [6, 6.07) is 8.36. The van der Waals surface area contributed by atoms with Crippen molar-refractivity contribution in [3.8, 4) is 5.69 Å². The first-order valence-corrected chi connectivity index (χ1v) is 7.68. The van der Waals surface area contributed by atoms with Gasteiger partial charge < -0.3 is 13.9 Å². The first kappa shape index (κ1) is 15.3. The summed E-state index contributed by atoms with van der Waals surface area (Å²) in [4.78, 5) is 4.64. The lowest BCUT2D eigenvalue weighted by molar-refractivity contribution is 0.00578. The van der Waals surface area contributed by atoms with E-state index in [1.165, 1.54) is 5.56 Å². The molecule has 0 N–H and O–H groups in total. The monoisotopic (exact) mass is 298 g/mol. The highest BCUT2D eigenvalue weighted by Gasteiger charge is 2.52. The van der Waals surface area contributed by atoms with E-state index in [4.69, 9.17) is 9.31 Å². The highest BCUT2D eigenvalue weighted by Crippen LogP contribution is 2.36. The lowest BCUT2D eigenvalue weighted by Crippen LogP contribution is -2.41. The quantitative estimate of drug-likeness (QED) is 0.800. The first-order chi connectivity index (χ1) is 10.2. The predicted octanol–water partition coefficient (Wildman–Crippen LogP) is 2.79. The van der Waals surface area contributed by atoms with Crippen LogP contribution in [0.1, 0.15) is 39.1 Å². The molecule has 2 heterocycles. The van der Waals surface area contributed by atoms with E-state index >= 15 is 0 Å². The molecular formula is C17H23BN2O2. The molecule has 1 fully saturated rings. The fraction of sp³-hybridized carbons (Fsp3) is 0.471. The van der Waals surface area contributed by atoms with Crippen molar-refractivity contribution in [2.24, 2.45) is 0 Å². The molecule has 0 amide bonds. The first-order valence-electron chi connectivity index (χ1n) is 7.68. The largest absolute Gasteiger partial charge is 0.516 e. The SMILES string of the molecule is Cc1cccc(-n2cc(B3OC(C)(C)C(C)(C)O3)nc2C)c1. The molecule has 0 unspecified atom stereocenters. The summed E-state index contributed by atoms with van der Waals surface area (Å²) >= 11 is 0. The molecule has 2 aromatic rings. The van der Waals surface area contributed by atoms with Gasteiger partial charge in [-0.3, -0.25) is 0 Å². The number of aromatic nitrogens is 2. The van der Waals surface area contributed by atoms with Crippen LogP contribution in [0.5, 0.6) is 0 Å². The predicted molar refractivity (Wildman–Crippen MR) is 88.8 cm³/mol. The van der Waals surface area contributed by atoms with E-state index < -0.39 is 7.12 Å². The zero-order valence-electron chi connectivity index (χ0n) is 14.2. The summed E-state index contributed by atoms with van der Waals surface area (Å²) in [7, 11) is -0.422. The molecule has 0 spiro atoms. The Labute approximate surface area is 132 Å². The fourth-order valence-electron chi connectivity index (χ4n) is 2.61. The maximum atomic E-state index is 6.08. The van der Waals surface area contributed by atoms with Gasteiger partial charge in [-0.25, -0.2) is 4.98 Å². The lowest BCUT2D eigenvalue weighted by Gasteiger charge is -2.32. The summed E-state index contributed by atoms with van der Waals surface area (Å²) in [6.45, 7) is 12.3. The molecular weight excluding hydrogens is 275 g/mol. The van der Waals surface area contributed by atoms with Crippen LogP contribution in [0.25, 0.3) is 5.69 Å². The second kappa shape index (κ2) is 4.96. The molecule has 1 saturated heterocycles. The minimum atomic E-state index is -0.422. The summed E-state index contributed by atoms with van der Waals surface area (Å²) in [6.07, 6.45) is 2.01.